The van der Waals surface area contributed by atoms with E-state index in [1.165, 1.54) is 0 Å². The molecule has 0 atom stereocenters. The average Bonchev–Trinajstić information content (AvgIpc) is 2.38. The van der Waals surface area contributed by atoms with E-state index in [-0.39, 0.29) is 26.1 Å². The minimum Gasteiger partial charge on any atom is -0.381 e. The van der Waals surface area contributed by atoms with Gasteiger partial charge in [-0.25, -0.2) is 0 Å². The zero-order valence-corrected chi connectivity index (χ0v) is 10.0. The predicted octanol–water partition coefficient (Wildman–Crippen LogP) is 1.79. The molecule has 0 aliphatic carbocycles. The third-order valence-corrected chi connectivity index (χ3v) is 3.21. The molecule has 1 aliphatic heterocycles. The minimum atomic E-state index is -4.60. The molecule has 0 unspecified atom stereocenters. The van der Waals surface area contributed by atoms with Crippen molar-refractivity contribution in [3.63, 3.8) is 0 Å². The Kier molecular flexibility index (Phi) is 3.60. The number of rotatable bonds is 2. The molecule has 7 heteroatoms. The number of nitrogens with two attached hydrogens (primary N) is 1. The molecule has 1 aromatic heterocycles. The highest BCUT2D eigenvalue weighted by Gasteiger charge is 2.42. The monoisotopic (exact) mass is 274 g/mol. The maximum Gasteiger partial charge on any atom is 0.417 e. The number of aromatic nitrogens is 1. The third kappa shape index (κ3) is 2.76. The van der Waals surface area contributed by atoms with Crippen molar-refractivity contribution in [3.8, 4) is 0 Å². The molecular formula is C12H13F3N2O2. The van der Waals surface area contributed by atoms with Crippen LogP contribution in [0.25, 0.3) is 0 Å². The highest BCUT2D eigenvalue weighted by molar-refractivity contribution is 6.04. The van der Waals surface area contributed by atoms with Gasteiger partial charge in [0.1, 0.15) is 0 Å². The number of nitrogens with zero attached hydrogens (tertiary/aromatic N) is 1. The van der Waals surface area contributed by atoms with E-state index in [4.69, 9.17) is 10.5 Å². The fourth-order valence-electron chi connectivity index (χ4n) is 2.05. The molecule has 0 amide bonds. The number of hydrogen-bond acceptors (Lipinski definition) is 4. The molecule has 2 N–H and O–H groups in total. The SMILES string of the molecule is NC1(C(=O)c2cnccc2C(F)(F)F)CCOCC1. The van der Waals surface area contributed by atoms with Crippen LogP contribution in [0, 0.1) is 0 Å². The van der Waals surface area contributed by atoms with Crippen LogP contribution in [-0.4, -0.2) is 29.5 Å². The Morgan fingerprint density at radius 1 is 1.37 bits per heavy atom. The first kappa shape index (κ1) is 14.0. The van der Waals surface area contributed by atoms with Crippen LogP contribution in [0.15, 0.2) is 18.5 Å². The van der Waals surface area contributed by atoms with Gasteiger partial charge in [-0.05, 0) is 18.9 Å². The molecule has 104 valence electrons. The standard InChI is InChI=1S/C12H13F3N2O2/c13-12(14,15)9-1-4-17-7-8(9)10(18)11(16)2-5-19-6-3-11/h1,4,7H,2-3,5-6,16H2. The summed E-state index contributed by atoms with van der Waals surface area (Å²) in [5, 5.41) is 0. The Morgan fingerprint density at radius 3 is 2.58 bits per heavy atom. The zero-order chi connectivity index (χ0) is 14.1. The second kappa shape index (κ2) is 4.90. The van der Waals surface area contributed by atoms with E-state index < -0.39 is 28.6 Å². The van der Waals surface area contributed by atoms with Crippen molar-refractivity contribution in [2.75, 3.05) is 13.2 Å². The van der Waals surface area contributed by atoms with Crippen LogP contribution in [-0.2, 0) is 10.9 Å². The molecule has 19 heavy (non-hydrogen) atoms. The highest BCUT2D eigenvalue weighted by Crippen LogP contribution is 2.34. The quantitative estimate of drug-likeness (QED) is 0.835. The zero-order valence-electron chi connectivity index (χ0n) is 10.0. The Morgan fingerprint density at radius 2 is 2.00 bits per heavy atom. The van der Waals surface area contributed by atoms with Gasteiger partial charge < -0.3 is 10.5 Å². The van der Waals surface area contributed by atoms with Crippen molar-refractivity contribution in [2.45, 2.75) is 24.6 Å². The third-order valence-electron chi connectivity index (χ3n) is 3.21. The first-order valence-electron chi connectivity index (χ1n) is 5.77. The van der Waals surface area contributed by atoms with Crippen molar-refractivity contribution < 1.29 is 22.7 Å². The topological polar surface area (TPSA) is 65.2 Å². The Bertz CT molecular complexity index is 482. The second-order valence-corrected chi connectivity index (χ2v) is 4.52. The summed E-state index contributed by atoms with van der Waals surface area (Å²) >= 11 is 0. The van der Waals surface area contributed by atoms with E-state index in [1.807, 2.05) is 0 Å². The smallest absolute Gasteiger partial charge is 0.381 e. The van der Waals surface area contributed by atoms with Crippen molar-refractivity contribution in [1.82, 2.24) is 4.98 Å². The number of ether oxygens (including phenoxy) is 1. The molecule has 2 heterocycles. The van der Waals surface area contributed by atoms with E-state index in [1.54, 1.807) is 0 Å². The lowest BCUT2D eigenvalue weighted by Gasteiger charge is -2.32. The highest BCUT2D eigenvalue weighted by atomic mass is 19.4. The molecule has 2 rings (SSSR count). The fourth-order valence-corrected chi connectivity index (χ4v) is 2.05. The Balaban J connectivity index is 2.39. The minimum absolute atomic E-state index is 0.206. The van der Waals surface area contributed by atoms with Gasteiger partial charge in [0.05, 0.1) is 16.7 Å². The maximum atomic E-state index is 12.9. The molecule has 0 bridgehead atoms. The van der Waals surface area contributed by atoms with Gasteiger partial charge in [-0.3, -0.25) is 9.78 Å². The van der Waals surface area contributed by atoms with E-state index in [0.717, 1.165) is 18.5 Å². The van der Waals surface area contributed by atoms with Crippen LogP contribution in [0.4, 0.5) is 13.2 Å². The summed E-state index contributed by atoms with van der Waals surface area (Å²) in [6.07, 6.45) is -2.26. The van der Waals surface area contributed by atoms with Crippen LogP contribution in [0.2, 0.25) is 0 Å². The van der Waals surface area contributed by atoms with Gasteiger partial charge in [-0.15, -0.1) is 0 Å². The van der Waals surface area contributed by atoms with Gasteiger partial charge in [-0.1, -0.05) is 0 Å². The summed E-state index contributed by atoms with van der Waals surface area (Å²) in [5.41, 5.74) is 3.15. The van der Waals surface area contributed by atoms with E-state index in [2.05, 4.69) is 4.98 Å². The maximum absolute atomic E-state index is 12.9. The molecule has 1 aromatic rings. The van der Waals surface area contributed by atoms with Gasteiger partial charge >= 0.3 is 6.18 Å². The first-order valence-corrected chi connectivity index (χ1v) is 5.77. The number of Topliss-reactive ketones (excluding diaryl/α,β-unsaturated/α-hetero) is 1. The normalized spacial score (nSPS) is 19.2. The van der Waals surface area contributed by atoms with Gasteiger partial charge in [0.15, 0.2) is 5.78 Å². The van der Waals surface area contributed by atoms with Gasteiger partial charge in [0, 0.05) is 25.6 Å². The average molecular weight is 274 g/mol. The predicted molar refractivity (Wildman–Crippen MR) is 60.5 cm³/mol. The number of halogens is 3. The largest absolute Gasteiger partial charge is 0.417 e. The lowest BCUT2D eigenvalue weighted by Crippen LogP contribution is -2.52. The van der Waals surface area contributed by atoms with Crippen LogP contribution in [0.5, 0.6) is 0 Å². The molecular weight excluding hydrogens is 261 g/mol. The van der Waals surface area contributed by atoms with E-state index in [9.17, 15) is 18.0 Å². The molecule has 0 aromatic carbocycles. The van der Waals surface area contributed by atoms with Crippen LogP contribution >= 0.6 is 0 Å². The lowest BCUT2D eigenvalue weighted by molar-refractivity contribution is -0.138. The summed E-state index contributed by atoms with van der Waals surface area (Å²) in [4.78, 5) is 15.9. The molecule has 1 aliphatic rings. The van der Waals surface area contributed by atoms with Gasteiger partial charge in [0.25, 0.3) is 0 Å². The van der Waals surface area contributed by atoms with Crippen molar-refractivity contribution in [3.05, 3.63) is 29.6 Å². The van der Waals surface area contributed by atoms with Crippen LogP contribution in [0.3, 0.4) is 0 Å². The van der Waals surface area contributed by atoms with Crippen LogP contribution in [0.1, 0.15) is 28.8 Å². The molecule has 1 saturated heterocycles. The number of pyridine rings is 1. The van der Waals surface area contributed by atoms with Crippen molar-refractivity contribution in [2.24, 2.45) is 5.73 Å². The number of ketones is 1. The molecule has 0 spiro atoms. The summed E-state index contributed by atoms with van der Waals surface area (Å²) in [6.45, 7) is 0.535. The second-order valence-electron chi connectivity index (χ2n) is 4.52. The Labute approximate surface area is 107 Å². The number of alkyl halides is 3. The number of carbonyl (C=O) groups is 1. The van der Waals surface area contributed by atoms with E-state index >= 15 is 0 Å². The summed E-state index contributed by atoms with van der Waals surface area (Å²) in [7, 11) is 0. The summed E-state index contributed by atoms with van der Waals surface area (Å²) in [6, 6.07) is 0.788. The van der Waals surface area contributed by atoms with Gasteiger partial charge in [0.2, 0.25) is 0 Å². The number of hydrogen-bond donors (Lipinski definition) is 1. The first-order chi connectivity index (χ1) is 8.84. The lowest BCUT2D eigenvalue weighted by atomic mass is 9.82. The number of carbonyl (C=O) groups excluding carboxylic acids is 1. The van der Waals surface area contributed by atoms with Crippen molar-refractivity contribution in [1.29, 1.82) is 0 Å². The molecule has 4 nitrogen and oxygen atoms in total. The summed E-state index contributed by atoms with van der Waals surface area (Å²) in [5.74, 6) is -0.726. The molecule has 0 saturated carbocycles. The summed E-state index contributed by atoms with van der Waals surface area (Å²) < 4.78 is 43.6. The van der Waals surface area contributed by atoms with Crippen LogP contribution < -0.4 is 5.73 Å². The molecule has 1 fully saturated rings. The van der Waals surface area contributed by atoms with Crippen molar-refractivity contribution >= 4 is 5.78 Å². The molecule has 0 radical (unpaired) electrons. The Hall–Kier alpha value is -1.47. The fraction of sp³-hybridized carbons (Fsp3) is 0.500. The van der Waals surface area contributed by atoms with E-state index in [0.29, 0.717) is 0 Å². The van der Waals surface area contributed by atoms with Gasteiger partial charge in [-0.2, -0.15) is 13.2 Å².